The van der Waals surface area contributed by atoms with Gasteiger partial charge in [-0.05, 0) is 92.1 Å². The van der Waals surface area contributed by atoms with Crippen molar-refractivity contribution in [3.8, 4) is 17.6 Å². The molecule has 0 saturated carbocycles. The highest BCUT2D eigenvalue weighted by molar-refractivity contribution is 5.83. The number of halogens is 1. The number of nitrogens with zero attached hydrogens (tertiary/aromatic N) is 2. The number of fused-ring (bicyclic) bond motifs is 1. The molecule has 2 N–H and O–H groups in total. The molecule has 1 aliphatic heterocycles. The van der Waals surface area contributed by atoms with Crippen LogP contribution in [-0.4, -0.2) is 52.8 Å². The first-order chi connectivity index (χ1) is 17.8. The van der Waals surface area contributed by atoms with Gasteiger partial charge in [-0.3, -0.25) is 14.7 Å². The molecular formula is C30H33FN2O4. The van der Waals surface area contributed by atoms with Crippen molar-refractivity contribution in [2.24, 2.45) is 11.8 Å². The average Bonchev–Trinajstić information content (AvgIpc) is 2.89. The molecule has 6 nitrogen and oxygen atoms in total. The summed E-state index contributed by atoms with van der Waals surface area (Å²) in [5.74, 6) is 5.92. The van der Waals surface area contributed by atoms with Gasteiger partial charge in [-0.2, -0.15) is 0 Å². The maximum absolute atomic E-state index is 13.8. The predicted molar refractivity (Wildman–Crippen MR) is 141 cm³/mol. The zero-order valence-electron chi connectivity index (χ0n) is 21.3. The molecule has 1 saturated heterocycles. The summed E-state index contributed by atoms with van der Waals surface area (Å²) in [6.45, 7) is 3.67. The summed E-state index contributed by atoms with van der Waals surface area (Å²) in [5, 5.41) is 21.4. The van der Waals surface area contributed by atoms with Crippen molar-refractivity contribution in [2.45, 2.75) is 38.7 Å². The second-order valence-electron chi connectivity index (χ2n) is 9.78. The van der Waals surface area contributed by atoms with Crippen LogP contribution in [0.4, 0.5) is 4.39 Å². The lowest BCUT2D eigenvalue weighted by molar-refractivity contribution is -0.139. The number of aliphatic carboxylic acids is 1. The Labute approximate surface area is 217 Å². The Balaban J connectivity index is 1.39. The number of hydrogen-bond acceptors (Lipinski definition) is 5. The maximum Gasteiger partial charge on any atom is 0.303 e. The Morgan fingerprint density at radius 3 is 2.84 bits per heavy atom. The fraction of sp³-hybridized carbons (Fsp3) is 0.400. The molecule has 4 rings (SSSR count). The number of aliphatic hydroxyl groups is 1. The Morgan fingerprint density at radius 1 is 1.24 bits per heavy atom. The fourth-order valence-corrected chi connectivity index (χ4v) is 5.15. The highest BCUT2D eigenvalue weighted by Crippen LogP contribution is 2.34. The molecule has 2 heterocycles. The highest BCUT2D eigenvalue weighted by Gasteiger charge is 2.31. The minimum atomic E-state index is -0.814. The first kappa shape index (κ1) is 26.6. The number of piperidine rings is 1. The molecule has 1 aliphatic rings. The number of aryl methyl sites for hydroxylation is 1. The van der Waals surface area contributed by atoms with E-state index >= 15 is 0 Å². The monoisotopic (exact) mass is 504 g/mol. The highest BCUT2D eigenvalue weighted by atomic mass is 19.1. The first-order valence-electron chi connectivity index (χ1n) is 12.6. The molecule has 1 fully saturated rings. The molecular weight excluding hydrogens is 471 g/mol. The number of likely N-dealkylation sites (tertiary alicyclic amines) is 1. The number of aliphatic hydroxyl groups excluding tert-OH is 1. The van der Waals surface area contributed by atoms with Crippen LogP contribution in [0.25, 0.3) is 10.9 Å². The third-order valence-corrected chi connectivity index (χ3v) is 7.27. The van der Waals surface area contributed by atoms with Gasteiger partial charge in [0.05, 0.1) is 25.3 Å². The minimum absolute atomic E-state index is 0.0219. The standard InChI is InChI=1S/C30H33FN2O4/c1-20-5-6-21(16-27(20)31)4-3-14-33-15-12-22(23(19-33)17-30(35)36)7-10-29(34)25-11-13-32-28-9-8-24(37-2)18-26(25)28/h5-6,8-9,11,13,16,18,22-23,29,34H,7,10,12,14-15,17,19H2,1-2H3,(H,35,36)/t22-,23+,29-/m1/s1. The van der Waals surface area contributed by atoms with Crippen molar-refractivity contribution >= 4 is 16.9 Å². The molecule has 0 unspecified atom stereocenters. The lowest BCUT2D eigenvalue weighted by Gasteiger charge is -2.37. The quantitative estimate of drug-likeness (QED) is 0.422. The summed E-state index contributed by atoms with van der Waals surface area (Å²) >= 11 is 0. The van der Waals surface area contributed by atoms with Crippen molar-refractivity contribution in [1.29, 1.82) is 0 Å². The lowest BCUT2D eigenvalue weighted by atomic mass is 9.79. The summed E-state index contributed by atoms with van der Waals surface area (Å²) in [7, 11) is 1.61. The van der Waals surface area contributed by atoms with Gasteiger partial charge in [0.25, 0.3) is 0 Å². The zero-order valence-corrected chi connectivity index (χ0v) is 21.3. The van der Waals surface area contributed by atoms with E-state index in [2.05, 4.69) is 21.7 Å². The second-order valence-corrected chi connectivity index (χ2v) is 9.78. The summed E-state index contributed by atoms with van der Waals surface area (Å²) in [6, 6.07) is 12.4. The summed E-state index contributed by atoms with van der Waals surface area (Å²) in [4.78, 5) is 18.1. The van der Waals surface area contributed by atoms with Crippen LogP contribution in [0.15, 0.2) is 48.7 Å². The van der Waals surface area contributed by atoms with Crippen LogP contribution in [0.2, 0.25) is 0 Å². The number of ether oxygens (including phenoxy) is 1. The van der Waals surface area contributed by atoms with Gasteiger partial charge in [-0.1, -0.05) is 17.9 Å². The van der Waals surface area contributed by atoms with E-state index in [4.69, 9.17) is 4.74 Å². The van der Waals surface area contributed by atoms with E-state index in [-0.39, 0.29) is 24.1 Å². The summed E-state index contributed by atoms with van der Waals surface area (Å²) < 4.78 is 19.1. The van der Waals surface area contributed by atoms with Crippen LogP contribution in [0.1, 0.15) is 48.5 Å². The average molecular weight is 505 g/mol. The molecule has 0 aliphatic carbocycles. The van der Waals surface area contributed by atoms with Crippen LogP contribution < -0.4 is 4.74 Å². The predicted octanol–water partition coefficient (Wildman–Crippen LogP) is 4.97. The van der Waals surface area contributed by atoms with Gasteiger partial charge in [0.2, 0.25) is 0 Å². The molecule has 0 amide bonds. The Hall–Kier alpha value is -3.47. The summed E-state index contributed by atoms with van der Waals surface area (Å²) in [5.41, 5.74) is 2.82. The molecule has 1 aromatic heterocycles. The molecule has 0 spiro atoms. The number of rotatable bonds is 8. The van der Waals surface area contributed by atoms with Gasteiger partial charge in [0.1, 0.15) is 11.6 Å². The van der Waals surface area contributed by atoms with Crippen LogP contribution in [0.3, 0.4) is 0 Å². The number of carboxylic acids is 1. The zero-order chi connectivity index (χ0) is 26.4. The van der Waals surface area contributed by atoms with Crippen LogP contribution >= 0.6 is 0 Å². The van der Waals surface area contributed by atoms with E-state index in [0.717, 1.165) is 35.9 Å². The number of aromatic nitrogens is 1. The molecule has 37 heavy (non-hydrogen) atoms. The first-order valence-corrected chi connectivity index (χ1v) is 12.6. The normalized spacial score (nSPS) is 18.7. The second kappa shape index (κ2) is 12.2. The molecule has 3 atom stereocenters. The van der Waals surface area contributed by atoms with Crippen molar-refractivity contribution in [3.63, 3.8) is 0 Å². The Morgan fingerprint density at radius 2 is 2.08 bits per heavy atom. The molecule has 3 aromatic rings. The third kappa shape index (κ3) is 6.85. The molecule has 0 radical (unpaired) electrons. The lowest BCUT2D eigenvalue weighted by Crippen LogP contribution is -2.41. The van der Waals surface area contributed by atoms with Gasteiger partial charge >= 0.3 is 5.97 Å². The van der Waals surface area contributed by atoms with E-state index in [0.29, 0.717) is 36.4 Å². The van der Waals surface area contributed by atoms with E-state index in [1.54, 1.807) is 32.4 Å². The van der Waals surface area contributed by atoms with Crippen molar-refractivity contribution in [3.05, 3.63) is 71.2 Å². The molecule has 0 bridgehead atoms. The van der Waals surface area contributed by atoms with E-state index in [9.17, 15) is 19.4 Å². The van der Waals surface area contributed by atoms with Crippen molar-refractivity contribution in [2.75, 3.05) is 26.7 Å². The third-order valence-electron chi connectivity index (χ3n) is 7.27. The number of carboxylic acid groups (broad SMARTS) is 1. The van der Waals surface area contributed by atoms with Gasteiger partial charge in [0.15, 0.2) is 0 Å². The van der Waals surface area contributed by atoms with Crippen molar-refractivity contribution < 1.29 is 24.1 Å². The minimum Gasteiger partial charge on any atom is -0.497 e. The number of methoxy groups -OCH3 is 1. The van der Waals surface area contributed by atoms with Crippen molar-refractivity contribution in [1.82, 2.24) is 9.88 Å². The van der Waals surface area contributed by atoms with Gasteiger partial charge in [-0.25, -0.2) is 4.39 Å². The molecule has 194 valence electrons. The van der Waals surface area contributed by atoms with E-state index in [1.165, 1.54) is 6.07 Å². The fourth-order valence-electron chi connectivity index (χ4n) is 5.15. The van der Waals surface area contributed by atoms with Crippen LogP contribution in [-0.2, 0) is 4.79 Å². The Kier molecular flexibility index (Phi) is 8.75. The van der Waals surface area contributed by atoms with Crippen LogP contribution in [0, 0.1) is 36.4 Å². The van der Waals surface area contributed by atoms with Gasteiger partial charge < -0.3 is 14.9 Å². The maximum atomic E-state index is 13.8. The number of carbonyl (C=O) groups is 1. The van der Waals surface area contributed by atoms with Gasteiger partial charge in [-0.15, -0.1) is 0 Å². The largest absolute Gasteiger partial charge is 0.497 e. The Bertz CT molecular complexity index is 1320. The number of pyridine rings is 1. The van der Waals surface area contributed by atoms with E-state index < -0.39 is 12.1 Å². The molecule has 2 aromatic carbocycles. The SMILES string of the molecule is COc1ccc2nccc([C@H](O)CC[C@@H]3CCN(CC#Cc4ccc(C)c(F)c4)C[C@@H]3CC(=O)O)c2c1. The number of benzene rings is 2. The smallest absolute Gasteiger partial charge is 0.303 e. The summed E-state index contributed by atoms with van der Waals surface area (Å²) in [6.07, 6.45) is 3.22. The van der Waals surface area contributed by atoms with Crippen LogP contribution in [0.5, 0.6) is 5.75 Å². The van der Waals surface area contributed by atoms with Gasteiger partial charge in [0, 0.05) is 30.1 Å². The van der Waals surface area contributed by atoms with E-state index in [1.807, 2.05) is 24.3 Å². The topological polar surface area (TPSA) is 82.9 Å². The molecule has 7 heteroatoms. The number of hydrogen-bond donors (Lipinski definition) is 2.